The third kappa shape index (κ3) is 3.96. The summed E-state index contributed by atoms with van der Waals surface area (Å²) in [5, 5.41) is 2.97. The molecule has 0 bridgehead atoms. The molecule has 0 aliphatic carbocycles. The van der Waals surface area contributed by atoms with Crippen molar-refractivity contribution in [1.82, 2.24) is 14.4 Å². The van der Waals surface area contributed by atoms with Gasteiger partial charge < -0.3 is 10.1 Å². The molecule has 1 amide bonds. The molecule has 1 aromatic carbocycles. The summed E-state index contributed by atoms with van der Waals surface area (Å²) in [4.78, 5) is 21.5. The van der Waals surface area contributed by atoms with Crippen LogP contribution in [-0.2, 0) is 6.42 Å². The van der Waals surface area contributed by atoms with Crippen molar-refractivity contribution in [1.29, 1.82) is 0 Å². The average Bonchev–Trinajstić information content (AvgIpc) is 3.07. The maximum atomic E-state index is 12.9. The Balaban J connectivity index is 1.54. The average molecular weight is 386 g/mol. The summed E-state index contributed by atoms with van der Waals surface area (Å²) in [6.45, 7) is 4.29. The van der Waals surface area contributed by atoms with Crippen molar-refractivity contribution in [2.75, 3.05) is 11.9 Å². The fraction of sp³-hybridized carbons (Fsp3) is 0.174. The Bertz CT molecular complexity index is 1130. The third-order valence-electron chi connectivity index (χ3n) is 4.67. The summed E-state index contributed by atoms with van der Waals surface area (Å²) in [6.07, 6.45) is 6.23. The number of rotatable bonds is 6. The molecule has 0 spiro atoms. The highest BCUT2D eigenvalue weighted by molar-refractivity contribution is 6.04. The zero-order valence-corrected chi connectivity index (χ0v) is 16.4. The van der Waals surface area contributed by atoms with Crippen LogP contribution in [0.2, 0.25) is 0 Å². The number of nitrogens with zero attached hydrogens (tertiary/aromatic N) is 3. The van der Waals surface area contributed by atoms with Gasteiger partial charge in [0.25, 0.3) is 5.91 Å². The minimum Gasteiger partial charge on any atom is -0.490 e. The number of imidazole rings is 1. The number of hydrogen-bond acceptors (Lipinski definition) is 4. The van der Waals surface area contributed by atoms with E-state index in [4.69, 9.17) is 4.74 Å². The predicted octanol–water partition coefficient (Wildman–Crippen LogP) is 4.28. The lowest BCUT2D eigenvalue weighted by atomic mass is 10.1. The van der Waals surface area contributed by atoms with E-state index in [-0.39, 0.29) is 5.91 Å². The molecule has 1 N–H and O–H groups in total. The highest BCUT2D eigenvalue weighted by atomic mass is 16.5. The fourth-order valence-electron chi connectivity index (χ4n) is 3.33. The predicted molar refractivity (Wildman–Crippen MR) is 113 cm³/mol. The van der Waals surface area contributed by atoms with Crippen molar-refractivity contribution in [3.05, 3.63) is 89.6 Å². The number of aromatic nitrogens is 3. The second-order valence-electron chi connectivity index (χ2n) is 6.73. The SMILES string of the molecule is CCOc1cccn2c(C(=O)Nc3ccc(Cc4ccncc4)cc3)c(C)nc12. The lowest BCUT2D eigenvalue weighted by molar-refractivity contribution is 0.102. The van der Waals surface area contributed by atoms with E-state index in [1.54, 1.807) is 16.8 Å². The van der Waals surface area contributed by atoms with Crippen molar-refractivity contribution >= 4 is 17.2 Å². The molecule has 6 nitrogen and oxygen atoms in total. The third-order valence-corrected chi connectivity index (χ3v) is 4.67. The largest absolute Gasteiger partial charge is 0.490 e. The van der Waals surface area contributed by atoms with Gasteiger partial charge in [0.05, 0.1) is 12.3 Å². The molecule has 4 rings (SSSR count). The first kappa shape index (κ1) is 18.7. The Morgan fingerprint density at radius 2 is 1.79 bits per heavy atom. The normalized spacial score (nSPS) is 10.8. The van der Waals surface area contributed by atoms with Crippen LogP contribution in [0.5, 0.6) is 5.75 Å². The summed E-state index contributed by atoms with van der Waals surface area (Å²) in [5.74, 6) is 0.461. The van der Waals surface area contributed by atoms with Gasteiger partial charge in [0.2, 0.25) is 0 Å². The van der Waals surface area contributed by atoms with Crippen LogP contribution in [0.15, 0.2) is 67.1 Å². The number of fused-ring (bicyclic) bond motifs is 1. The lowest BCUT2D eigenvalue weighted by Crippen LogP contribution is -2.15. The van der Waals surface area contributed by atoms with Crippen LogP contribution < -0.4 is 10.1 Å². The molecule has 4 aromatic rings. The summed E-state index contributed by atoms with van der Waals surface area (Å²) < 4.78 is 7.40. The van der Waals surface area contributed by atoms with Crippen LogP contribution >= 0.6 is 0 Å². The highest BCUT2D eigenvalue weighted by Crippen LogP contribution is 2.23. The number of carbonyl (C=O) groups is 1. The van der Waals surface area contributed by atoms with E-state index in [9.17, 15) is 4.79 Å². The number of ether oxygens (including phenoxy) is 1. The Kier molecular flexibility index (Phi) is 5.24. The fourth-order valence-corrected chi connectivity index (χ4v) is 3.33. The molecular weight excluding hydrogens is 364 g/mol. The van der Waals surface area contributed by atoms with Crippen LogP contribution in [0.1, 0.15) is 34.2 Å². The summed E-state index contributed by atoms with van der Waals surface area (Å²) in [6, 6.07) is 15.6. The second kappa shape index (κ2) is 8.14. The van der Waals surface area contributed by atoms with Crippen molar-refractivity contribution in [3.8, 4) is 5.75 Å². The van der Waals surface area contributed by atoms with Crippen molar-refractivity contribution in [2.24, 2.45) is 0 Å². The Labute approximate surface area is 169 Å². The molecular formula is C23H22N4O2. The van der Waals surface area contributed by atoms with Crippen LogP contribution in [-0.4, -0.2) is 26.9 Å². The first-order valence-corrected chi connectivity index (χ1v) is 9.55. The van der Waals surface area contributed by atoms with Gasteiger partial charge in [-0.3, -0.25) is 14.2 Å². The molecule has 0 saturated heterocycles. The Morgan fingerprint density at radius 1 is 1.07 bits per heavy atom. The smallest absolute Gasteiger partial charge is 0.274 e. The van der Waals surface area contributed by atoms with E-state index in [0.29, 0.717) is 29.4 Å². The monoisotopic (exact) mass is 386 g/mol. The minimum absolute atomic E-state index is 0.203. The number of amides is 1. The summed E-state index contributed by atoms with van der Waals surface area (Å²) in [5.41, 5.74) is 4.91. The minimum atomic E-state index is -0.203. The van der Waals surface area contributed by atoms with Gasteiger partial charge in [0.1, 0.15) is 5.69 Å². The number of pyridine rings is 2. The van der Waals surface area contributed by atoms with E-state index in [1.165, 1.54) is 11.1 Å². The van der Waals surface area contributed by atoms with Gasteiger partial charge in [-0.1, -0.05) is 12.1 Å². The number of nitrogens with one attached hydrogen (secondary N) is 1. The van der Waals surface area contributed by atoms with Crippen LogP contribution in [0.3, 0.4) is 0 Å². The maximum Gasteiger partial charge on any atom is 0.274 e. The van der Waals surface area contributed by atoms with E-state index in [2.05, 4.69) is 15.3 Å². The molecule has 6 heteroatoms. The van der Waals surface area contributed by atoms with Gasteiger partial charge in [-0.2, -0.15) is 0 Å². The quantitative estimate of drug-likeness (QED) is 0.537. The van der Waals surface area contributed by atoms with E-state index >= 15 is 0 Å². The van der Waals surface area contributed by atoms with E-state index < -0.39 is 0 Å². The number of anilines is 1. The van der Waals surface area contributed by atoms with Gasteiger partial charge in [0.15, 0.2) is 11.4 Å². The van der Waals surface area contributed by atoms with Crippen molar-refractivity contribution in [2.45, 2.75) is 20.3 Å². The number of aryl methyl sites for hydroxylation is 1. The number of carbonyl (C=O) groups excluding carboxylic acids is 1. The molecule has 29 heavy (non-hydrogen) atoms. The molecule has 0 saturated carbocycles. The van der Waals surface area contributed by atoms with Crippen molar-refractivity contribution in [3.63, 3.8) is 0 Å². The zero-order valence-electron chi connectivity index (χ0n) is 16.4. The summed E-state index contributed by atoms with van der Waals surface area (Å²) >= 11 is 0. The molecule has 0 aliphatic heterocycles. The van der Waals surface area contributed by atoms with E-state index in [1.807, 2.05) is 68.6 Å². The summed E-state index contributed by atoms with van der Waals surface area (Å²) in [7, 11) is 0. The number of hydrogen-bond donors (Lipinski definition) is 1. The molecule has 0 aliphatic rings. The topological polar surface area (TPSA) is 68.5 Å². The molecule has 3 heterocycles. The van der Waals surface area contributed by atoms with Crippen molar-refractivity contribution < 1.29 is 9.53 Å². The molecule has 0 unspecified atom stereocenters. The second-order valence-corrected chi connectivity index (χ2v) is 6.73. The molecule has 0 atom stereocenters. The zero-order chi connectivity index (χ0) is 20.2. The van der Waals surface area contributed by atoms with E-state index in [0.717, 1.165) is 12.1 Å². The highest BCUT2D eigenvalue weighted by Gasteiger charge is 2.18. The molecule has 0 fully saturated rings. The maximum absolute atomic E-state index is 12.9. The number of benzene rings is 1. The molecule has 3 aromatic heterocycles. The molecule has 0 radical (unpaired) electrons. The lowest BCUT2D eigenvalue weighted by Gasteiger charge is -2.08. The standard InChI is InChI=1S/C23H22N4O2/c1-3-29-20-5-4-14-27-21(16(2)25-22(20)27)23(28)26-19-8-6-17(7-9-19)15-18-10-12-24-13-11-18/h4-14H,3,15H2,1-2H3,(H,26,28). The van der Waals surface area contributed by atoms with Crippen LogP contribution in [0.25, 0.3) is 5.65 Å². The first-order chi connectivity index (χ1) is 14.2. The van der Waals surface area contributed by atoms with Crippen LogP contribution in [0, 0.1) is 6.92 Å². The van der Waals surface area contributed by atoms with Gasteiger partial charge in [-0.05, 0) is 67.8 Å². The molecule has 146 valence electrons. The Morgan fingerprint density at radius 3 is 2.52 bits per heavy atom. The van der Waals surface area contributed by atoms with Gasteiger partial charge in [-0.25, -0.2) is 4.98 Å². The van der Waals surface area contributed by atoms with Gasteiger partial charge in [-0.15, -0.1) is 0 Å². The van der Waals surface area contributed by atoms with Crippen LogP contribution in [0.4, 0.5) is 5.69 Å². The first-order valence-electron chi connectivity index (χ1n) is 9.55. The Hall–Kier alpha value is -3.67. The van der Waals surface area contributed by atoms with Gasteiger partial charge >= 0.3 is 0 Å². The van der Waals surface area contributed by atoms with Gasteiger partial charge in [0, 0.05) is 24.3 Å².